The minimum absolute atomic E-state index is 0.191. The molecule has 1 unspecified atom stereocenters. The summed E-state index contributed by atoms with van der Waals surface area (Å²) in [5.41, 5.74) is 5.38. The lowest BCUT2D eigenvalue weighted by Gasteiger charge is -2.35. The van der Waals surface area contributed by atoms with Gasteiger partial charge < -0.3 is 20.9 Å². The van der Waals surface area contributed by atoms with E-state index in [1.807, 2.05) is 6.92 Å². The lowest BCUT2D eigenvalue weighted by Crippen LogP contribution is -2.46. The van der Waals surface area contributed by atoms with Gasteiger partial charge in [-0.15, -0.1) is 0 Å². The molecule has 1 rings (SSSR count). The Morgan fingerprint density at radius 2 is 2.11 bits per heavy atom. The number of amides is 1. The summed E-state index contributed by atoms with van der Waals surface area (Å²) in [5, 5.41) is 3.14. The molecule has 1 heterocycles. The molecule has 106 valence electrons. The van der Waals surface area contributed by atoms with Gasteiger partial charge in [-0.25, -0.2) is 0 Å². The summed E-state index contributed by atoms with van der Waals surface area (Å²) in [5.74, 6) is -0.242. The van der Waals surface area contributed by atoms with Crippen LogP contribution in [0.3, 0.4) is 0 Å². The maximum atomic E-state index is 11.3. The molecule has 0 bridgehead atoms. The van der Waals surface area contributed by atoms with Gasteiger partial charge in [-0.2, -0.15) is 0 Å². The van der Waals surface area contributed by atoms with Crippen molar-refractivity contribution in [2.45, 2.75) is 38.3 Å². The Morgan fingerprint density at radius 3 is 2.61 bits per heavy atom. The van der Waals surface area contributed by atoms with Gasteiger partial charge in [0.1, 0.15) is 0 Å². The molecule has 1 aliphatic rings. The van der Waals surface area contributed by atoms with Crippen molar-refractivity contribution in [1.82, 2.24) is 15.1 Å². The Labute approximate surface area is 111 Å². The molecule has 1 amide bonds. The molecule has 0 aromatic rings. The van der Waals surface area contributed by atoms with E-state index < -0.39 is 0 Å². The average molecular weight is 256 g/mol. The first-order valence-electron chi connectivity index (χ1n) is 6.96. The number of nitrogens with one attached hydrogen (secondary N) is 1. The third-order valence-electron chi connectivity index (χ3n) is 3.88. The number of carbonyl (C=O) groups excluding carboxylic acids is 1. The summed E-state index contributed by atoms with van der Waals surface area (Å²) >= 11 is 0. The van der Waals surface area contributed by atoms with Crippen molar-refractivity contribution in [2.75, 3.05) is 40.3 Å². The van der Waals surface area contributed by atoms with Gasteiger partial charge >= 0.3 is 0 Å². The number of hydrogen-bond donors (Lipinski definition) is 2. The number of carbonyl (C=O) groups is 1. The van der Waals surface area contributed by atoms with Crippen LogP contribution in [0.4, 0.5) is 0 Å². The van der Waals surface area contributed by atoms with Crippen molar-refractivity contribution >= 4 is 5.91 Å². The molecule has 5 nitrogen and oxygen atoms in total. The van der Waals surface area contributed by atoms with Gasteiger partial charge in [0.2, 0.25) is 5.91 Å². The topological polar surface area (TPSA) is 61.6 Å². The summed E-state index contributed by atoms with van der Waals surface area (Å²) in [6, 6.07) is 0.458. The van der Waals surface area contributed by atoms with Crippen LogP contribution in [0, 0.1) is 0 Å². The van der Waals surface area contributed by atoms with Crippen LogP contribution >= 0.6 is 0 Å². The summed E-state index contributed by atoms with van der Waals surface area (Å²) in [6.45, 7) is 6.04. The highest BCUT2D eigenvalue weighted by Crippen LogP contribution is 2.14. The lowest BCUT2D eigenvalue weighted by molar-refractivity contribution is -0.120. The first kappa shape index (κ1) is 15.4. The van der Waals surface area contributed by atoms with E-state index in [9.17, 15) is 4.79 Å². The first-order valence-corrected chi connectivity index (χ1v) is 6.96. The van der Waals surface area contributed by atoms with E-state index in [4.69, 9.17) is 5.73 Å². The zero-order valence-corrected chi connectivity index (χ0v) is 12.0. The van der Waals surface area contributed by atoms with Gasteiger partial charge in [0, 0.05) is 12.6 Å². The molecule has 0 aliphatic carbocycles. The van der Waals surface area contributed by atoms with E-state index >= 15 is 0 Å². The SMILES string of the molecule is CCNC(CCN(C)C1CCN(C)CC1)C(N)=O. The normalized spacial score (nSPS) is 20.2. The number of nitrogens with two attached hydrogens (primary N) is 1. The van der Waals surface area contributed by atoms with Gasteiger partial charge in [0.05, 0.1) is 6.04 Å². The molecule has 1 saturated heterocycles. The van der Waals surface area contributed by atoms with Gasteiger partial charge in [-0.05, 0) is 53.0 Å². The van der Waals surface area contributed by atoms with E-state index in [1.165, 1.54) is 25.9 Å². The predicted molar refractivity (Wildman–Crippen MR) is 74.4 cm³/mol. The molecule has 1 atom stereocenters. The minimum Gasteiger partial charge on any atom is -0.368 e. The van der Waals surface area contributed by atoms with Crippen LogP contribution in [0.1, 0.15) is 26.2 Å². The largest absolute Gasteiger partial charge is 0.368 e. The zero-order chi connectivity index (χ0) is 13.5. The molecule has 18 heavy (non-hydrogen) atoms. The number of likely N-dealkylation sites (N-methyl/N-ethyl adjacent to an activating group) is 1. The second-order valence-electron chi connectivity index (χ2n) is 5.32. The Bertz CT molecular complexity index is 251. The maximum Gasteiger partial charge on any atom is 0.234 e. The Kier molecular flexibility index (Phi) is 6.60. The first-order chi connectivity index (χ1) is 8.54. The number of piperidine rings is 1. The molecule has 3 N–H and O–H groups in total. The summed E-state index contributed by atoms with van der Waals surface area (Å²) in [7, 11) is 4.32. The van der Waals surface area contributed by atoms with E-state index in [0.717, 1.165) is 19.5 Å². The van der Waals surface area contributed by atoms with Gasteiger partial charge in [0.25, 0.3) is 0 Å². The fourth-order valence-electron chi connectivity index (χ4n) is 2.54. The predicted octanol–water partition coefficient (Wildman–Crippen LogP) is -0.134. The van der Waals surface area contributed by atoms with Crippen molar-refractivity contribution in [3.63, 3.8) is 0 Å². The second-order valence-corrected chi connectivity index (χ2v) is 5.32. The summed E-state index contributed by atoms with van der Waals surface area (Å²) in [6.07, 6.45) is 3.23. The third kappa shape index (κ3) is 4.92. The quantitative estimate of drug-likeness (QED) is 0.666. The molecule has 0 aromatic carbocycles. The molecule has 0 radical (unpaired) electrons. The van der Waals surface area contributed by atoms with Crippen molar-refractivity contribution in [3.05, 3.63) is 0 Å². The molecule has 1 fully saturated rings. The number of likely N-dealkylation sites (tertiary alicyclic amines) is 1. The Morgan fingerprint density at radius 1 is 1.50 bits per heavy atom. The van der Waals surface area contributed by atoms with Gasteiger partial charge in [0.15, 0.2) is 0 Å². The summed E-state index contributed by atoms with van der Waals surface area (Å²) < 4.78 is 0. The van der Waals surface area contributed by atoms with E-state index in [2.05, 4.69) is 29.2 Å². The van der Waals surface area contributed by atoms with Crippen LogP contribution in [0.2, 0.25) is 0 Å². The van der Waals surface area contributed by atoms with Crippen LogP contribution in [0.5, 0.6) is 0 Å². The zero-order valence-electron chi connectivity index (χ0n) is 12.0. The highest BCUT2D eigenvalue weighted by Gasteiger charge is 2.22. The molecule has 0 spiro atoms. The van der Waals surface area contributed by atoms with Gasteiger partial charge in [-0.1, -0.05) is 6.92 Å². The van der Waals surface area contributed by atoms with E-state index in [1.54, 1.807) is 0 Å². The molecule has 1 aliphatic heterocycles. The highest BCUT2D eigenvalue weighted by molar-refractivity contribution is 5.79. The van der Waals surface area contributed by atoms with Crippen molar-refractivity contribution in [1.29, 1.82) is 0 Å². The fraction of sp³-hybridized carbons (Fsp3) is 0.923. The monoisotopic (exact) mass is 256 g/mol. The van der Waals surface area contributed by atoms with Crippen molar-refractivity contribution in [2.24, 2.45) is 5.73 Å². The molecular formula is C13H28N4O. The Balaban J connectivity index is 2.30. The number of nitrogens with zero attached hydrogens (tertiary/aromatic N) is 2. The molecule has 0 aromatic heterocycles. The van der Waals surface area contributed by atoms with Crippen LogP contribution in [0.25, 0.3) is 0 Å². The molecular weight excluding hydrogens is 228 g/mol. The van der Waals surface area contributed by atoms with E-state index in [0.29, 0.717) is 6.04 Å². The van der Waals surface area contributed by atoms with Crippen LogP contribution < -0.4 is 11.1 Å². The molecule has 5 heteroatoms. The third-order valence-corrected chi connectivity index (χ3v) is 3.88. The Hall–Kier alpha value is -0.650. The standard InChI is InChI=1S/C13H28N4O/c1-4-15-12(13(14)18)7-10-17(3)11-5-8-16(2)9-6-11/h11-12,15H,4-10H2,1-3H3,(H2,14,18). The number of hydrogen-bond acceptors (Lipinski definition) is 4. The van der Waals surface area contributed by atoms with Crippen LogP contribution in [0.15, 0.2) is 0 Å². The smallest absolute Gasteiger partial charge is 0.234 e. The molecule has 0 saturated carbocycles. The van der Waals surface area contributed by atoms with Crippen molar-refractivity contribution < 1.29 is 4.79 Å². The highest BCUT2D eigenvalue weighted by atomic mass is 16.1. The van der Waals surface area contributed by atoms with Gasteiger partial charge in [-0.3, -0.25) is 4.79 Å². The maximum absolute atomic E-state index is 11.3. The number of primary amides is 1. The second kappa shape index (κ2) is 7.71. The fourth-order valence-corrected chi connectivity index (χ4v) is 2.54. The van der Waals surface area contributed by atoms with Crippen LogP contribution in [-0.2, 0) is 4.79 Å². The van der Waals surface area contributed by atoms with Crippen molar-refractivity contribution in [3.8, 4) is 0 Å². The van der Waals surface area contributed by atoms with Crippen LogP contribution in [-0.4, -0.2) is 68.1 Å². The minimum atomic E-state index is -0.242. The number of rotatable bonds is 7. The van der Waals surface area contributed by atoms with E-state index in [-0.39, 0.29) is 11.9 Å². The lowest BCUT2D eigenvalue weighted by atomic mass is 10.0. The average Bonchev–Trinajstić information content (AvgIpc) is 2.34. The summed E-state index contributed by atoms with van der Waals surface area (Å²) in [4.78, 5) is 16.0.